The fourth-order valence-electron chi connectivity index (χ4n) is 2.12. The Balaban J connectivity index is 2.11. The average Bonchev–Trinajstić information content (AvgIpc) is 2.86. The van der Waals surface area contributed by atoms with Crippen molar-refractivity contribution in [2.24, 2.45) is 5.92 Å². The molecule has 0 aromatic rings. The molecule has 0 aromatic heterocycles. The summed E-state index contributed by atoms with van der Waals surface area (Å²) in [5, 5.41) is 9.49. The summed E-state index contributed by atoms with van der Waals surface area (Å²) in [4.78, 5) is 0. The number of aliphatic hydroxyl groups excluding tert-OH is 1. The normalized spacial score (nSPS) is 41.0. The van der Waals surface area contributed by atoms with Gasteiger partial charge in [-0.15, -0.1) is 0 Å². The molecule has 2 nitrogen and oxygen atoms in total. The SMILES string of the molecule is CC[C@@]1(C2CC2)CC(O)C=CO1. The van der Waals surface area contributed by atoms with Crippen molar-refractivity contribution >= 4 is 0 Å². The highest BCUT2D eigenvalue weighted by Crippen LogP contribution is 2.47. The maximum atomic E-state index is 9.49. The second kappa shape index (κ2) is 2.77. The number of aliphatic hydroxyl groups is 1. The van der Waals surface area contributed by atoms with Gasteiger partial charge in [0.15, 0.2) is 0 Å². The highest BCUT2D eigenvalue weighted by atomic mass is 16.5. The van der Waals surface area contributed by atoms with Gasteiger partial charge in [0.1, 0.15) is 5.60 Å². The summed E-state index contributed by atoms with van der Waals surface area (Å²) < 4.78 is 5.67. The van der Waals surface area contributed by atoms with Crippen LogP contribution in [-0.4, -0.2) is 16.8 Å². The van der Waals surface area contributed by atoms with Crippen LogP contribution in [0.2, 0.25) is 0 Å². The molecule has 1 N–H and O–H groups in total. The van der Waals surface area contributed by atoms with Crippen molar-refractivity contribution in [3.8, 4) is 0 Å². The van der Waals surface area contributed by atoms with Crippen LogP contribution in [0, 0.1) is 5.92 Å². The monoisotopic (exact) mass is 168 g/mol. The molecule has 2 rings (SSSR count). The van der Waals surface area contributed by atoms with E-state index in [1.807, 2.05) is 0 Å². The molecule has 2 aliphatic rings. The first kappa shape index (κ1) is 8.11. The topological polar surface area (TPSA) is 29.5 Å². The van der Waals surface area contributed by atoms with Crippen LogP contribution in [0.3, 0.4) is 0 Å². The molecule has 1 fully saturated rings. The molecule has 2 heteroatoms. The third-order valence-electron chi connectivity index (χ3n) is 3.08. The van der Waals surface area contributed by atoms with Crippen LogP contribution < -0.4 is 0 Å². The van der Waals surface area contributed by atoms with Gasteiger partial charge >= 0.3 is 0 Å². The van der Waals surface area contributed by atoms with E-state index in [0.717, 1.165) is 12.8 Å². The second-order valence-electron chi connectivity index (χ2n) is 3.91. The van der Waals surface area contributed by atoms with Crippen molar-refractivity contribution in [3.05, 3.63) is 12.3 Å². The standard InChI is InChI=1S/C10H16O2/c1-2-10(8-3-4-8)7-9(11)5-6-12-10/h5-6,8-9,11H,2-4,7H2,1H3/t9?,10-/m0/s1. The van der Waals surface area contributed by atoms with Crippen LogP contribution in [-0.2, 0) is 4.74 Å². The van der Waals surface area contributed by atoms with Gasteiger partial charge in [0.2, 0.25) is 0 Å². The van der Waals surface area contributed by atoms with E-state index in [9.17, 15) is 5.11 Å². The summed E-state index contributed by atoms with van der Waals surface area (Å²) >= 11 is 0. The maximum absolute atomic E-state index is 9.49. The zero-order valence-electron chi connectivity index (χ0n) is 7.49. The minimum atomic E-state index is -0.292. The van der Waals surface area contributed by atoms with Crippen molar-refractivity contribution in [1.29, 1.82) is 0 Å². The van der Waals surface area contributed by atoms with E-state index in [1.54, 1.807) is 12.3 Å². The van der Waals surface area contributed by atoms with Gasteiger partial charge in [-0.3, -0.25) is 0 Å². The summed E-state index contributed by atoms with van der Waals surface area (Å²) in [5.74, 6) is 0.696. The largest absolute Gasteiger partial charge is 0.495 e. The molecule has 1 unspecified atom stereocenters. The van der Waals surface area contributed by atoms with Crippen molar-refractivity contribution in [3.63, 3.8) is 0 Å². The van der Waals surface area contributed by atoms with Crippen LogP contribution in [0.25, 0.3) is 0 Å². The number of ether oxygens (including phenoxy) is 1. The van der Waals surface area contributed by atoms with Crippen LogP contribution in [0.15, 0.2) is 12.3 Å². The van der Waals surface area contributed by atoms with E-state index in [0.29, 0.717) is 5.92 Å². The molecular weight excluding hydrogens is 152 g/mol. The van der Waals surface area contributed by atoms with Gasteiger partial charge in [-0.05, 0) is 31.3 Å². The molecule has 1 aliphatic heterocycles. The van der Waals surface area contributed by atoms with Crippen molar-refractivity contribution in [1.82, 2.24) is 0 Å². The summed E-state index contributed by atoms with van der Waals surface area (Å²) in [7, 11) is 0. The molecule has 0 bridgehead atoms. The van der Waals surface area contributed by atoms with E-state index < -0.39 is 0 Å². The average molecular weight is 168 g/mol. The zero-order chi connectivity index (χ0) is 8.60. The van der Waals surface area contributed by atoms with Crippen molar-refractivity contribution in [2.75, 3.05) is 0 Å². The highest BCUT2D eigenvalue weighted by Gasteiger charge is 2.47. The predicted octanol–water partition coefficient (Wildman–Crippen LogP) is 1.84. The summed E-state index contributed by atoms with van der Waals surface area (Å²) in [6.45, 7) is 2.14. The summed E-state index contributed by atoms with van der Waals surface area (Å²) in [6.07, 6.45) is 7.46. The van der Waals surface area contributed by atoms with Gasteiger partial charge < -0.3 is 9.84 Å². The molecule has 0 amide bonds. The number of rotatable bonds is 2. The minimum Gasteiger partial charge on any atom is -0.495 e. The first-order chi connectivity index (χ1) is 5.77. The molecule has 1 saturated carbocycles. The van der Waals surface area contributed by atoms with Gasteiger partial charge in [-0.2, -0.15) is 0 Å². The molecule has 0 radical (unpaired) electrons. The van der Waals surface area contributed by atoms with E-state index in [2.05, 4.69) is 6.92 Å². The third-order valence-corrected chi connectivity index (χ3v) is 3.08. The first-order valence-corrected chi connectivity index (χ1v) is 4.79. The summed E-state index contributed by atoms with van der Waals surface area (Å²) in [6, 6.07) is 0. The lowest BCUT2D eigenvalue weighted by Crippen LogP contribution is -2.38. The molecular formula is C10H16O2. The highest BCUT2D eigenvalue weighted by molar-refractivity contribution is 5.04. The fourth-order valence-corrected chi connectivity index (χ4v) is 2.12. The van der Waals surface area contributed by atoms with E-state index >= 15 is 0 Å². The fraction of sp³-hybridized carbons (Fsp3) is 0.800. The Hall–Kier alpha value is -0.500. The molecule has 2 atom stereocenters. The second-order valence-corrected chi connectivity index (χ2v) is 3.91. The molecule has 12 heavy (non-hydrogen) atoms. The first-order valence-electron chi connectivity index (χ1n) is 4.79. The molecule has 1 aliphatic carbocycles. The van der Waals surface area contributed by atoms with Crippen LogP contribution in [0.1, 0.15) is 32.6 Å². The number of hydrogen-bond acceptors (Lipinski definition) is 2. The Bertz CT molecular complexity index is 196. The Morgan fingerprint density at radius 3 is 2.83 bits per heavy atom. The Labute approximate surface area is 73.2 Å². The molecule has 68 valence electrons. The molecule has 0 saturated heterocycles. The quantitative estimate of drug-likeness (QED) is 0.681. The van der Waals surface area contributed by atoms with E-state index in [-0.39, 0.29) is 11.7 Å². The lowest BCUT2D eigenvalue weighted by Gasteiger charge is -2.36. The summed E-state index contributed by atoms with van der Waals surface area (Å²) in [5.41, 5.74) is -0.0336. The third kappa shape index (κ3) is 1.24. The Kier molecular flexibility index (Phi) is 1.87. The molecule has 0 aromatic carbocycles. The minimum absolute atomic E-state index is 0.0336. The molecule has 1 heterocycles. The van der Waals surface area contributed by atoms with Crippen LogP contribution in [0.4, 0.5) is 0 Å². The van der Waals surface area contributed by atoms with Crippen LogP contribution in [0.5, 0.6) is 0 Å². The Morgan fingerprint density at radius 2 is 2.33 bits per heavy atom. The lowest BCUT2D eigenvalue weighted by molar-refractivity contribution is -0.0496. The Morgan fingerprint density at radius 1 is 1.58 bits per heavy atom. The smallest absolute Gasteiger partial charge is 0.113 e. The lowest BCUT2D eigenvalue weighted by atomic mass is 9.86. The van der Waals surface area contributed by atoms with Gasteiger partial charge in [0, 0.05) is 6.42 Å². The molecule has 0 spiro atoms. The van der Waals surface area contributed by atoms with Gasteiger partial charge in [0.05, 0.1) is 12.4 Å². The van der Waals surface area contributed by atoms with Crippen molar-refractivity contribution < 1.29 is 9.84 Å². The van der Waals surface area contributed by atoms with Gasteiger partial charge in [-0.1, -0.05) is 6.92 Å². The number of hydrogen-bond donors (Lipinski definition) is 1. The van der Waals surface area contributed by atoms with Crippen LogP contribution >= 0.6 is 0 Å². The maximum Gasteiger partial charge on any atom is 0.113 e. The van der Waals surface area contributed by atoms with E-state index in [1.165, 1.54) is 12.8 Å². The zero-order valence-corrected chi connectivity index (χ0v) is 7.49. The predicted molar refractivity (Wildman–Crippen MR) is 46.6 cm³/mol. The van der Waals surface area contributed by atoms with Gasteiger partial charge in [-0.25, -0.2) is 0 Å². The van der Waals surface area contributed by atoms with Crippen molar-refractivity contribution in [2.45, 2.75) is 44.3 Å². The van der Waals surface area contributed by atoms with E-state index in [4.69, 9.17) is 4.74 Å². The van der Waals surface area contributed by atoms with Gasteiger partial charge in [0.25, 0.3) is 0 Å².